The van der Waals surface area contributed by atoms with Gasteiger partial charge >= 0.3 is 0 Å². The second kappa shape index (κ2) is 10.3. The number of aromatic nitrogens is 1. The molecule has 0 atom stereocenters. The lowest BCUT2D eigenvalue weighted by Crippen LogP contribution is -2.36. The summed E-state index contributed by atoms with van der Waals surface area (Å²) in [7, 11) is 8.01. The maximum Gasteiger partial charge on any atom is 0.260 e. The topological polar surface area (TPSA) is 39.7 Å². The SMILES string of the molecule is CSc1cccc2sc(N(CCN(C)C)C(=O)c3ccc(N(C)C)cc3)nc12.Cl. The number of fused-ring (bicyclic) bond motifs is 1. The van der Waals surface area contributed by atoms with Crippen LogP contribution < -0.4 is 9.80 Å². The van der Waals surface area contributed by atoms with Crippen molar-refractivity contribution in [3.63, 3.8) is 0 Å². The van der Waals surface area contributed by atoms with E-state index in [-0.39, 0.29) is 18.3 Å². The zero-order valence-corrected chi connectivity index (χ0v) is 19.8. The minimum absolute atomic E-state index is 0. The molecule has 1 aromatic heterocycles. The molecule has 0 fully saturated rings. The van der Waals surface area contributed by atoms with Gasteiger partial charge in [-0.2, -0.15) is 0 Å². The Morgan fingerprint density at radius 2 is 1.72 bits per heavy atom. The van der Waals surface area contributed by atoms with Gasteiger partial charge in [-0.15, -0.1) is 24.2 Å². The number of thioether (sulfide) groups is 1. The van der Waals surface area contributed by atoms with E-state index in [1.807, 2.05) is 63.4 Å². The van der Waals surface area contributed by atoms with E-state index in [2.05, 4.69) is 23.3 Å². The van der Waals surface area contributed by atoms with Gasteiger partial charge in [-0.1, -0.05) is 17.4 Å². The van der Waals surface area contributed by atoms with Crippen LogP contribution in [0.2, 0.25) is 0 Å². The molecule has 2 aromatic carbocycles. The molecule has 0 saturated carbocycles. The van der Waals surface area contributed by atoms with E-state index in [0.29, 0.717) is 12.1 Å². The normalized spacial score (nSPS) is 10.8. The van der Waals surface area contributed by atoms with Gasteiger partial charge in [-0.3, -0.25) is 9.69 Å². The van der Waals surface area contributed by atoms with Crippen LogP contribution in [0.4, 0.5) is 10.8 Å². The molecule has 0 spiro atoms. The number of carbonyl (C=O) groups excluding carboxylic acids is 1. The van der Waals surface area contributed by atoms with Gasteiger partial charge in [0.1, 0.15) is 0 Å². The van der Waals surface area contributed by atoms with Crippen molar-refractivity contribution in [1.82, 2.24) is 9.88 Å². The highest BCUT2D eigenvalue weighted by Crippen LogP contribution is 2.34. The fourth-order valence-electron chi connectivity index (χ4n) is 2.83. The molecule has 0 aliphatic heterocycles. The third-order valence-corrected chi connectivity index (χ3v) is 6.28. The predicted octanol–water partition coefficient (Wildman–Crippen LogP) is 4.71. The average molecular weight is 451 g/mol. The van der Waals surface area contributed by atoms with Crippen LogP contribution in [0, 0.1) is 0 Å². The Bertz CT molecular complexity index is 957. The molecule has 0 bridgehead atoms. The van der Waals surface area contributed by atoms with Crippen LogP contribution in [-0.4, -0.2) is 63.3 Å². The van der Waals surface area contributed by atoms with Gasteiger partial charge in [0.15, 0.2) is 5.13 Å². The van der Waals surface area contributed by atoms with E-state index in [1.54, 1.807) is 28.0 Å². The van der Waals surface area contributed by atoms with Crippen LogP contribution in [0.15, 0.2) is 47.4 Å². The van der Waals surface area contributed by atoms with Gasteiger partial charge in [0.05, 0.1) is 10.2 Å². The Morgan fingerprint density at radius 1 is 1.03 bits per heavy atom. The molecule has 1 amide bonds. The number of halogens is 1. The number of hydrogen-bond donors (Lipinski definition) is 0. The number of carbonyl (C=O) groups is 1. The summed E-state index contributed by atoms with van der Waals surface area (Å²) in [4.78, 5) is 25.2. The zero-order valence-electron chi connectivity index (χ0n) is 17.4. The Kier molecular flexibility index (Phi) is 8.34. The number of nitrogens with zero attached hydrogens (tertiary/aromatic N) is 4. The summed E-state index contributed by atoms with van der Waals surface area (Å²) in [5.74, 6) is -0.0167. The summed E-state index contributed by atoms with van der Waals surface area (Å²) >= 11 is 3.25. The maximum absolute atomic E-state index is 13.3. The molecular formula is C21H27ClN4OS2. The average Bonchev–Trinajstić information content (AvgIpc) is 3.11. The lowest BCUT2D eigenvalue weighted by atomic mass is 10.1. The maximum atomic E-state index is 13.3. The molecule has 0 N–H and O–H groups in total. The van der Waals surface area contributed by atoms with Gasteiger partial charge in [0, 0.05) is 43.3 Å². The monoisotopic (exact) mass is 450 g/mol. The van der Waals surface area contributed by atoms with Gasteiger partial charge in [0.25, 0.3) is 5.91 Å². The van der Waals surface area contributed by atoms with Crippen LogP contribution >= 0.6 is 35.5 Å². The molecular weight excluding hydrogens is 424 g/mol. The van der Waals surface area contributed by atoms with E-state index in [1.165, 1.54) is 0 Å². The third kappa shape index (κ3) is 5.42. The van der Waals surface area contributed by atoms with Crippen LogP contribution in [0.1, 0.15) is 10.4 Å². The molecule has 0 unspecified atom stereocenters. The Hall–Kier alpha value is -1.80. The van der Waals surface area contributed by atoms with Crippen molar-refractivity contribution < 1.29 is 4.79 Å². The van der Waals surface area contributed by atoms with E-state index >= 15 is 0 Å². The lowest BCUT2D eigenvalue weighted by molar-refractivity contribution is 0.0985. The van der Waals surface area contributed by atoms with Crippen molar-refractivity contribution in [2.24, 2.45) is 0 Å². The summed E-state index contributed by atoms with van der Waals surface area (Å²) in [5.41, 5.74) is 2.72. The van der Waals surface area contributed by atoms with E-state index < -0.39 is 0 Å². The van der Waals surface area contributed by atoms with E-state index in [4.69, 9.17) is 4.98 Å². The second-order valence-corrected chi connectivity index (χ2v) is 8.86. The van der Waals surface area contributed by atoms with Gasteiger partial charge in [-0.25, -0.2) is 4.98 Å². The van der Waals surface area contributed by atoms with Gasteiger partial charge < -0.3 is 9.80 Å². The molecule has 0 aliphatic rings. The number of likely N-dealkylation sites (N-methyl/N-ethyl adjacent to an activating group) is 1. The number of rotatable bonds is 7. The number of hydrogen-bond acceptors (Lipinski definition) is 6. The molecule has 8 heteroatoms. The number of amides is 1. The first-order valence-electron chi connectivity index (χ1n) is 9.08. The fourth-order valence-corrected chi connectivity index (χ4v) is 4.48. The van der Waals surface area contributed by atoms with Crippen molar-refractivity contribution in [3.05, 3.63) is 48.0 Å². The van der Waals surface area contributed by atoms with Gasteiger partial charge in [-0.05, 0) is 56.7 Å². The third-order valence-electron chi connectivity index (χ3n) is 4.47. The Morgan fingerprint density at radius 3 is 2.31 bits per heavy atom. The van der Waals surface area contributed by atoms with Crippen molar-refractivity contribution in [2.75, 3.05) is 57.3 Å². The Balaban J connectivity index is 0.00000300. The summed E-state index contributed by atoms with van der Waals surface area (Å²) in [6.07, 6.45) is 2.05. The standard InChI is InChI=1S/C21H26N4OS2.ClH/c1-23(2)13-14-25(20(26)15-9-11-16(12-10-15)24(3)4)21-22-19-17(27-5)7-6-8-18(19)28-21;/h6-12H,13-14H2,1-5H3;1H. The first kappa shape index (κ1) is 23.5. The van der Waals surface area contributed by atoms with Gasteiger partial charge in [0.2, 0.25) is 0 Å². The molecule has 5 nitrogen and oxygen atoms in total. The van der Waals surface area contributed by atoms with Crippen molar-refractivity contribution in [2.45, 2.75) is 4.90 Å². The van der Waals surface area contributed by atoms with Crippen LogP contribution in [0.5, 0.6) is 0 Å². The minimum Gasteiger partial charge on any atom is -0.378 e. The highest BCUT2D eigenvalue weighted by atomic mass is 35.5. The second-order valence-electron chi connectivity index (χ2n) is 7.00. The number of para-hydroxylation sites is 1. The summed E-state index contributed by atoms with van der Waals surface area (Å²) < 4.78 is 1.10. The Labute approximate surface area is 187 Å². The molecule has 29 heavy (non-hydrogen) atoms. The molecule has 1 heterocycles. The van der Waals surface area contributed by atoms with Crippen molar-refractivity contribution in [1.29, 1.82) is 0 Å². The van der Waals surface area contributed by atoms with E-state index in [9.17, 15) is 4.79 Å². The number of anilines is 2. The van der Waals surface area contributed by atoms with E-state index in [0.717, 1.165) is 32.5 Å². The zero-order chi connectivity index (χ0) is 20.3. The van der Waals surface area contributed by atoms with Crippen LogP contribution in [-0.2, 0) is 0 Å². The molecule has 0 saturated heterocycles. The van der Waals surface area contributed by atoms with Crippen LogP contribution in [0.3, 0.4) is 0 Å². The highest BCUT2D eigenvalue weighted by molar-refractivity contribution is 7.98. The first-order chi connectivity index (χ1) is 13.4. The summed E-state index contributed by atoms with van der Waals surface area (Å²) in [5, 5.41) is 0.750. The lowest BCUT2D eigenvalue weighted by Gasteiger charge is -2.22. The van der Waals surface area contributed by atoms with Crippen molar-refractivity contribution >= 4 is 62.4 Å². The fraction of sp³-hybridized carbons (Fsp3) is 0.333. The largest absolute Gasteiger partial charge is 0.378 e. The first-order valence-corrected chi connectivity index (χ1v) is 11.1. The molecule has 0 aliphatic carbocycles. The summed E-state index contributed by atoms with van der Waals surface area (Å²) in [6.45, 7) is 1.36. The summed E-state index contributed by atoms with van der Waals surface area (Å²) in [6, 6.07) is 13.9. The molecule has 156 valence electrons. The molecule has 3 rings (SSSR count). The molecule has 3 aromatic rings. The smallest absolute Gasteiger partial charge is 0.260 e. The number of benzene rings is 2. The quantitative estimate of drug-likeness (QED) is 0.487. The predicted molar refractivity (Wildman–Crippen MR) is 130 cm³/mol. The van der Waals surface area contributed by atoms with Crippen molar-refractivity contribution in [3.8, 4) is 0 Å². The van der Waals surface area contributed by atoms with Crippen LogP contribution in [0.25, 0.3) is 10.2 Å². The highest BCUT2D eigenvalue weighted by Gasteiger charge is 2.22. The molecule has 0 radical (unpaired) electrons. The number of thiazole rings is 1. The minimum atomic E-state index is -0.0167.